The molecule has 192 valence electrons. The van der Waals surface area contributed by atoms with Crippen LogP contribution in [0.4, 0.5) is 5.69 Å². The summed E-state index contributed by atoms with van der Waals surface area (Å²) in [5.41, 5.74) is 8.91. The number of carbonyl (C=O) groups excluding carboxylic acids is 2. The fraction of sp³-hybridized carbons (Fsp3) is 0.345. The largest absolute Gasteiger partial charge is 0.493 e. The number of methoxy groups -OCH3 is 1. The van der Waals surface area contributed by atoms with Crippen molar-refractivity contribution in [1.82, 2.24) is 0 Å². The van der Waals surface area contributed by atoms with Gasteiger partial charge in [-0.2, -0.15) is 5.26 Å². The van der Waals surface area contributed by atoms with Crippen molar-refractivity contribution in [3.63, 3.8) is 0 Å². The number of ketones is 1. The predicted molar refractivity (Wildman–Crippen MR) is 139 cm³/mol. The first-order valence-corrected chi connectivity index (χ1v) is 12.2. The highest BCUT2D eigenvalue weighted by molar-refractivity contribution is 6.00. The Morgan fingerprint density at radius 2 is 1.97 bits per heavy atom. The van der Waals surface area contributed by atoms with Crippen molar-refractivity contribution in [1.29, 1.82) is 5.26 Å². The number of rotatable bonds is 7. The smallest absolute Gasteiger partial charge is 0.262 e. The number of nitriles is 1. The van der Waals surface area contributed by atoms with Gasteiger partial charge in [0.05, 0.1) is 13.0 Å². The third-order valence-corrected chi connectivity index (χ3v) is 6.63. The molecule has 1 heterocycles. The van der Waals surface area contributed by atoms with Gasteiger partial charge in [0.2, 0.25) is 5.88 Å². The van der Waals surface area contributed by atoms with E-state index in [0.29, 0.717) is 41.2 Å². The van der Waals surface area contributed by atoms with E-state index in [9.17, 15) is 14.9 Å². The van der Waals surface area contributed by atoms with Gasteiger partial charge in [0.25, 0.3) is 5.91 Å². The van der Waals surface area contributed by atoms with Crippen molar-refractivity contribution in [3.8, 4) is 17.6 Å². The zero-order valence-corrected chi connectivity index (χ0v) is 21.5. The standard InChI is InChI=1S/C29H31N3O5/c1-5-17-8-6-7-9-20(17)32-25(34)16-36-22-11-10-18(12-23(22)35-4)26-19(15-30)28(31)37-24-14-29(2,3)13-21(33)27(24)26/h6-12,26H,5,13-14,16,31H2,1-4H3,(H,32,34). The molecule has 0 aromatic heterocycles. The van der Waals surface area contributed by atoms with Crippen LogP contribution in [-0.2, 0) is 20.7 Å². The summed E-state index contributed by atoms with van der Waals surface area (Å²) in [6, 6.07) is 14.8. The number of benzene rings is 2. The van der Waals surface area contributed by atoms with Crippen LogP contribution >= 0.6 is 0 Å². The normalized spacial score (nSPS) is 18.5. The van der Waals surface area contributed by atoms with Crippen LogP contribution in [0.15, 0.2) is 65.3 Å². The number of Topliss-reactive ketones (excluding diaryl/α,β-unsaturated/α-hetero) is 1. The van der Waals surface area contributed by atoms with E-state index in [0.717, 1.165) is 17.7 Å². The molecule has 0 radical (unpaired) electrons. The topological polar surface area (TPSA) is 124 Å². The second-order valence-electron chi connectivity index (χ2n) is 9.96. The number of carbonyl (C=O) groups is 2. The molecule has 1 aliphatic carbocycles. The summed E-state index contributed by atoms with van der Waals surface area (Å²) in [5.74, 6) is 0.189. The van der Waals surface area contributed by atoms with Gasteiger partial charge in [0.1, 0.15) is 17.4 Å². The number of para-hydroxylation sites is 1. The Labute approximate surface area is 216 Å². The van der Waals surface area contributed by atoms with Gasteiger partial charge in [-0.15, -0.1) is 0 Å². The highest BCUT2D eigenvalue weighted by Crippen LogP contribution is 2.48. The Kier molecular flexibility index (Phi) is 7.25. The van der Waals surface area contributed by atoms with Gasteiger partial charge in [-0.25, -0.2) is 0 Å². The zero-order valence-electron chi connectivity index (χ0n) is 21.5. The lowest BCUT2D eigenvalue weighted by Gasteiger charge is -2.37. The van der Waals surface area contributed by atoms with Crippen LogP contribution in [0, 0.1) is 16.7 Å². The fourth-order valence-electron chi connectivity index (χ4n) is 4.88. The summed E-state index contributed by atoms with van der Waals surface area (Å²) in [7, 11) is 1.49. The minimum Gasteiger partial charge on any atom is -0.493 e. The Morgan fingerprint density at radius 3 is 2.68 bits per heavy atom. The maximum absolute atomic E-state index is 13.2. The lowest BCUT2D eigenvalue weighted by Crippen LogP contribution is -2.33. The Morgan fingerprint density at radius 1 is 1.22 bits per heavy atom. The number of nitrogens with two attached hydrogens (primary N) is 1. The fourth-order valence-corrected chi connectivity index (χ4v) is 4.88. The van der Waals surface area contributed by atoms with Crippen molar-refractivity contribution in [2.24, 2.45) is 11.1 Å². The third kappa shape index (κ3) is 5.31. The number of nitrogens with one attached hydrogen (secondary N) is 1. The van der Waals surface area contributed by atoms with Crippen LogP contribution < -0.4 is 20.5 Å². The SMILES string of the molecule is CCc1ccccc1NC(=O)COc1ccc(C2C(C#N)=C(N)OC3=C2C(=O)CC(C)(C)C3)cc1OC. The zero-order chi connectivity index (χ0) is 26.7. The van der Waals surface area contributed by atoms with Gasteiger partial charge in [0, 0.05) is 24.1 Å². The second kappa shape index (κ2) is 10.4. The van der Waals surface area contributed by atoms with Crippen LogP contribution in [0.1, 0.15) is 50.7 Å². The van der Waals surface area contributed by atoms with E-state index in [1.165, 1.54) is 7.11 Å². The van der Waals surface area contributed by atoms with E-state index in [1.54, 1.807) is 18.2 Å². The van der Waals surface area contributed by atoms with Crippen molar-refractivity contribution in [2.75, 3.05) is 19.0 Å². The van der Waals surface area contributed by atoms with Gasteiger partial charge in [0.15, 0.2) is 23.9 Å². The average molecular weight is 502 g/mol. The van der Waals surface area contributed by atoms with E-state index in [2.05, 4.69) is 11.4 Å². The van der Waals surface area contributed by atoms with E-state index < -0.39 is 5.92 Å². The quantitative estimate of drug-likeness (QED) is 0.562. The minimum atomic E-state index is -0.672. The molecule has 1 atom stereocenters. The molecule has 1 aliphatic heterocycles. The molecule has 0 saturated heterocycles. The van der Waals surface area contributed by atoms with Crippen molar-refractivity contribution in [3.05, 3.63) is 76.4 Å². The van der Waals surface area contributed by atoms with E-state index in [4.69, 9.17) is 19.9 Å². The Balaban J connectivity index is 1.59. The number of nitrogens with zero attached hydrogens (tertiary/aromatic N) is 1. The molecule has 0 bridgehead atoms. The molecule has 2 aromatic rings. The van der Waals surface area contributed by atoms with Crippen LogP contribution in [0.25, 0.3) is 0 Å². The third-order valence-electron chi connectivity index (χ3n) is 6.63. The number of aryl methyl sites for hydroxylation is 1. The van der Waals surface area contributed by atoms with Crippen molar-refractivity contribution < 1.29 is 23.8 Å². The van der Waals surface area contributed by atoms with Crippen LogP contribution in [0.3, 0.4) is 0 Å². The summed E-state index contributed by atoms with van der Waals surface area (Å²) in [4.78, 5) is 25.7. The monoisotopic (exact) mass is 501 g/mol. The molecule has 0 fully saturated rings. The summed E-state index contributed by atoms with van der Waals surface area (Å²) in [6.07, 6.45) is 1.68. The molecule has 3 N–H and O–H groups in total. The van der Waals surface area contributed by atoms with Gasteiger partial charge in [-0.05, 0) is 41.2 Å². The first kappa shape index (κ1) is 25.8. The van der Waals surface area contributed by atoms with Crippen LogP contribution in [0.5, 0.6) is 11.5 Å². The number of ether oxygens (including phenoxy) is 3. The first-order valence-electron chi connectivity index (χ1n) is 12.2. The van der Waals surface area contributed by atoms with Crippen molar-refractivity contribution in [2.45, 2.75) is 46.0 Å². The van der Waals surface area contributed by atoms with Gasteiger partial charge < -0.3 is 25.3 Å². The Hall–Kier alpha value is -4.25. The molecular weight excluding hydrogens is 470 g/mol. The molecule has 8 nitrogen and oxygen atoms in total. The second-order valence-corrected chi connectivity index (χ2v) is 9.96. The van der Waals surface area contributed by atoms with Gasteiger partial charge in [-0.1, -0.05) is 45.0 Å². The summed E-state index contributed by atoms with van der Waals surface area (Å²) < 4.78 is 17.1. The maximum Gasteiger partial charge on any atom is 0.262 e. The lowest BCUT2D eigenvalue weighted by molar-refractivity contribution is -0.119. The number of anilines is 1. The summed E-state index contributed by atoms with van der Waals surface area (Å²) in [5, 5.41) is 12.7. The highest BCUT2D eigenvalue weighted by atomic mass is 16.5. The molecule has 8 heteroatoms. The number of amides is 1. The van der Waals surface area contributed by atoms with Crippen molar-refractivity contribution >= 4 is 17.4 Å². The van der Waals surface area contributed by atoms with Crippen LogP contribution in [-0.4, -0.2) is 25.4 Å². The number of hydrogen-bond donors (Lipinski definition) is 2. The summed E-state index contributed by atoms with van der Waals surface area (Å²) in [6.45, 7) is 5.80. The highest BCUT2D eigenvalue weighted by Gasteiger charge is 2.43. The number of allylic oxidation sites excluding steroid dienone is 3. The molecule has 37 heavy (non-hydrogen) atoms. The summed E-state index contributed by atoms with van der Waals surface area (Å²) >= 11 is 0. The molecule has 0 spiro atoms. The van der Waals surface area contributed by atoms with Gasteiger partial charge >= 0.3 is 0 Å². The average Bonchev–Trinajstić information content (AvgIpc) is 2.86. The first-order chi connectivity index (χ1) is 17.7. The minimum absolute atomic E-state index is 0.0000694. The molecule has 4 rings (SSSR count). The predicted octanol–water partition coefficient (Wildman–Crippen LogP) is 4.73. The molecule has 2 aliphatic rings. The molecule has 1 unspecified atom stereocenters. The van der Waals surface area contributed by atoms with Crippen LogP contribution in [0.2, 0.25) is 0 Å². The van der Waals surface area contributed by atoms with E-state index in [-0.39, 0.29) is 35.2 Å². The van der Waals surface area contributed by atoms with E-state index in [1.807, 2.05) is 45.0 Å². The Bertz CT molecular complexity index is 1350. The lowest BCUT2D eigenvalue weighted by atomic mass is 9.70. The van der Waals surface area contributed by atoms with E-state index >= 15 is 0 Å². The number of hydrogen-bond acceptors (Lipinski definition) is 7. The molecule has 0 saturated carbocycles. The maximum atomic E-state index is 13.2. The molecular formula is C29H31N3O5. The molecule has 2 aromatic carbocycles. The van der Waals surface area contributed by atoms with Gasteiger partial charge in [-0.3, -0.25) is 9.59 Å². The molecule has 1 amide bonds.